The Balaban J connectivity index is 1.27. The molecule has 2 atom stereocenters. The summed E-state index contributed by atoms with van der Waals surface area (Å²) in [6, 6.07) is 21.9. The first-order valence-electron chi connectivity index (χ1n) is 14.4. The highest BCUT2D eigenvalue weighted by molar-refractivity contribution is 7.89. The highest BCUT2D eigenvalue weighted by Crippen LogP contribution is 2.45. The largest absolute Gasteiger partial charge is 0.492 e. The highest BCUT2D eigenvalue weighted by Gasteiger charge is 2.33. The molecular formula is C34H29N3O7S. The molecule has 6 rings (SSSR count). The molecule has 3 N–H and O–H groups in total. The van der Waals surface area contributed by atoms with Crippen LogP contribution in [0.15, 0.2) is 83.8 Å². The molecular weight excluding hydrogens is 594 g/mol. The van der Waals surface area contributed by atoms with Gasteiger partial charge in [0.05, 0.1) is 17.1 Å². The van der Waals surface area contributed by atoms with E-state index in [0.29, 0.717) is 46.6 Å². The third-order valence-electron chi connectivity index (χ3n) is 8.23. The van der Waals surface area contributed by atoms with Crippen molar-refractivity contribution >= 4 is 21.9 Å². The number of carboxylic acid groups (broad SMARTS) is 1. The Morgan fingerprint density at radius 2 is 1.82 bits per heavy atom. The molecule has 1 aliphatic heterocycles. The SMILES string of the molecule is CCOc1ccc(S(=O)(=O)N2CCc3ccc(C(NC(=O)c4cccc5c4-c4ccccc4C5O)C(=O)O)cc3C2)cc1C#N. The van der Waals surface area contributed by atoms with Gasteiger partial charge in [-0.1, -0.05) is 54.6 Å². The van der Waals surface area contributed by atoms with Crippen molar-refractivity contribution < 1.29 is 33.0 Å². The summed E-state index contributed by atoms with van der Waals surface area (Å²) < 4.78 is 33.9. The second kappa shape index (κ2) is 11.8. The fourth-order valence-electron chi connectivity index (χ4n) is 6.04. The summed E-state index contributed by atoms with van der Waals surface area (Å²) in [4.78, 5) is 26.0. The fraction of sp³-hybridized carbons (Fsp3) is 0.206. The number of rotatable bonds is 8. The Labute approximate surface area is 260 Å². The fourth-order valence-corrected chi connectivity index (χ4v) is 7.48. The van der Waals surface area contributed by atoms with E-state index in [1.54, 1.807) is 55.5 Å². The predicted octanol–water partition coefficient (Wildman–Crippen LogP) is 4.32. The number of hydrogen-bond acceptors (Lipinski definition) is 7. The Kier molecular flexibility index (Phi) is 7.88. The minimum absolute atomic E-state index is 0.0121. The molecule has 10 nitrogen and oxygen atoms in total. The first kappa shape index (κ1) is 30.0. The number of benzene rings is 4. The third kappa shape index (κ3) is 5.33. The number of nitriles is 1. The third-order valence-corrected chi connectivity index (χ3v) is 10.1. The standard InChI is InChI=1S/C34H29N3O7S/c1-2-44-29-13-12-24(17-22(29)18-35)45(42,43)37-15-14-20-10-11-21(16-23(20)19-37)31(34(40)41)36-33(39)28-9-5-8-27-30(28)25-6-3-4-7-26(25)32(27)38/h3-13,16-17,31-32,38H,2,14-15,19H2,1H3,(H,36,39)(H,40,41). The average molecular weight is 624 g/mol. The zero-order valence-electron chi connectivity index (χ0n) is 24.2. The lowest BCUT2D eigenvalue weighted by molar-refractivity contribution is -0.139. The van der Waals surface area contributed by atoms with E-state index in [2.05, 4.69) is 5.32 Å². The Morgan fingerprint density at radius 1 is 1.04 bits per heavy atom. The van der Waals surface area contributed by atoms with Crippen LogP contribution in [-0.4, -0.2) is 48.0 Å². The van der Waals surface area contributed by atoms with E-state index in [1.807, 2.05) is 18.2 Å². The molecule has 1 heterocycles. The molecule has 11 heteroatoms. The van der Waals surface area contributed by atoms with Crippen LogP contribution < -0.4 is 10.1 Å². The molecule has 0 radical (unpaired) electrons. The van der Waals surface area contributed by atoms with E-state index in [0.717, 1.165) is 5.56 Å². The number of hydrogen-bond donors (Lipinski definition) is 3. The summed E-state index contributed by atoms with van der Waals surface area (Å²) in [5, 5.41) is 33.1. The van der Waals surface area contributed by atoms with Crippen molar-refractivity contribution in [3.8, 4) is 22.9 Å². The summed E-state index contributed by atoms with van der Waals surface area (Å²) in [5.41, 5.74) is 4.64. The van der Waals surface area contributed by atoms with Gasteiger partial charge < -0.3 is 20.3 Å². The molecule has 0 saturated carbocycles. The van der Waals surface area contributed by atoms with Gasteiger partial charge >= 0.3 is 5.97 Å². The van der Waals surface area contributed by atoms with Gasteiger partial charge in [0.2, 0.25) is 10.0 Å². The maximum absolute atomic E-state index is 13.6. The van der Waals surface area contributed by atoms with Crippen LogP contribution in [0.25, 0.3) is 11.1 Å². The minimum Gasteiger partial charge on any atom is -0.492 e. The molecule has 2 unspecified atom stereocenters. The van der Waals surface area contributed by atoms with Crippen molar-refractivity contribution in [1.82, 2.24) is 9.62 Å². The van der Waals surface area contributed by atoms with Crippen LogP contribution in [0.5, 0.6) is 5.75 Å². The molecule has 4 aromatic rings. The number of nitrogens with one attached hydrogen (secondary N) is 1. The minimum atomic E-state index is -3.99. The van der Waals surface area contributed by atoms with Crippen LogP contribution in [-0.2, 0) is 27.8 Å². The van der Waals surface area contributed by atoms with E-state index in [4.69, 9.17) is 4.74 Å². The Hall–Kier alpha value is -5.02. The molecule has 1 aliphatic carbocycles. The highest BCUT2D eigenvalue weighted by atomic mass is 32.2. The number of carboxylic acids is 1. The number of ether oxygens (including phenoxy) is 1. The molecule has 4 aromatic carbocycles. The quantitative estimate of drug-likeness (QED) is 0.262. The predicted molar refractivity (Wildman–Crippen MR) is 164 cm³/mol. The van der Waals surface area contributed by atoms with Crippen molar-refractivity contribution in [2.45, 2.75) is 36.9 Å². The first-order chi connectivity index (χ1) is 21.6. The number of carbonyl (C=O) groups is 2. The van der Waals surface area contributed by atoms with Crippen LogP contribution in [0.3, 0.4) is 0 Å². The number of aliphatic hydroxyl groups excluding tert-OH is 1. The van der Waals surface area contributed by atoms with E-state index in [9.17, 15) is 33.5 Å². The van der Waals surface area contributed by atoms with Crippen molar-refractivity contribution in [1.29, 1.82) is 5.26 Å². The lowest BCUT2D eigenvalue weighted by atomic mass is 9.95. The molecule has 1 amide bonds. The monoisotopic (exact) mass is 623 g/mol. The zero-order valence-corrected chi connectivity index (χ0v) is 25.0. The molecule has 228 valence electrons. The second-order valence-electron chi connectivity index (χ2n) is 10.8. The molecule has 0 aromatic heterocycles. The number of aliphatic hydroxyl groups is 1. The van der Waals surface area contributed by atoms with E-state index >= 15 is 0 Å². The zero-order chi connectivity index (χ0) is 31.9. The summed E-state index contributed by atoms with van der Waals surface area (Å²) in [7, 11) is -3.99. The van der Waals surface area contributed by atoms with Gasteiger partial charge in [-0.15, -0.1) is 0 Å². The number of aliphatic carboxylic acids is 1. The summed E-state index contributed by atoms with van der Waals surface area (Å²) >= 11 is 0. The molecule has 0 fully saturated rings. The molecule has 2 aliphatic rings. The van der Waals surface area contributed by atoms with Gasteiger partial charge in [0.15, 0.2) is 6.04 Å². The van der Waals surface area contributed by atoms with Crippen molar-refractivity contribution in [2.24, 2.45) is 0 Å². The van der Waals surface area contributed by atoms with Gasteiger partial charge in [-0.05, 0) is 71.0 Å². The molecule has 45 heavy (non-hydrogen) atoms. The van der Waals surface area contributed by atoms with Gasteiger partial charge in [-0.2, -0.15) is 9.57 Å². The lowest BCUT2D eigenvalue weighted by Crippen LogP contribution is -2.37. The van der Waals surface area contributed by atoms with Crippen molar-refractivity contribution in [2.75, 3.05) is 13.2 Å². The number of nitrogens with zero attached hydrogens (tertiary/aromatic N) is 2. The lowest BCUT2D eigenvalue weighted by Gasteiger charge is -2.29. The Morgan fingerprint density at radius 3 is 2.58 bits per heavy atom. The number of fused-ring (bicyclic) bond motifs is 4. The van der Waals surface area contributed by atoms with Crippen molar-refractivity contribution in [3.63, 3.8) is 0 Å². The second-order valence-corrected chi connectivity index (χ2v) is 12.8. The smallest absolute Gasteiger partial charge is 0.330 e. The molecule has 0 bridgehead atoms. The number of sulfonamides is 1. The molecule has 0 saturated heterocycles. The summed E-state index contributed by atoms with van der Waals surface area (Å²) in [6.45, 7) is 2.29. The van der Waals surface area contributed by atoms with Crippen LogP contribution in [0.4, 0.5) is 0 Å². The summed E-state index contributed by atoms with van der Waals surface area (Å²) in [5.74, 6) is -1.60. The van der Waals surface area contributed by atoms with E-state index < -0.39 is 34.0 Å². The average Bonchev–Trinajstić information content (AvgIpc) is 3.34. The maximum Gasteiger partial charge on any atom is 0.330 e. The van der Waals surface area contributed by atoms with Gasteiger partial charge in [-0.3, -0.25) is 4.79 Å². The Bertz CT molecular complexity index is 2000. The summed E-state index contributed by atoms with van der Waals surface area (Å²) in [6.07, 6.45) is -0.493. The number of carbonyl (C=O) groups excluding carboxylic acids is 1. The van der Waals surface area contributed by atoms with Gasteiger partial charge in [0.1, 0.15) is 17.9 Å². The van der Waals surface area contributed by atoms with E-state index in [1.165, 1.54) is 22.5 Å². The van der Waals surface area contributed by atoms with Gasteiger partial charge in [0.25, 0.3) is 5.91 Å². The van der Waals surface area contributed by atoms with E-state index in [-0.39, 0.29) is 34.7 Å². The van der Waals surface area contributed by atoms with Crippen LogP contribution in [0.2, 0.25) is 0 Å². The van der Waals surface area contributed by atoms with Crippen LogP contribution in [0.1, 0.15) is 62.8 Å². The topological polar surface area (TPSA) is 157 Å². The maximum atomic E-state index is 13.6. The van der Waals surface area contributed by atoms with Gasteiger partial charge in [0, 0.05) is 24.2 Å². The first-order valence-corrected chi connectivity index (χ1v) is 15.8. The van der Waals surface area contributed by atoms with Crippen LogP contribution >= 0.6 is 0 Å². The molecule has 0 spiro atoms. The van der Waals surface area contributed by atoms with Crippen molar-refractivity contribution in [3.05, 3.63) is 118 Å². The number of amides is 1. The van der Waals surface area contributed by atoms with Crippen LogP contribution in [0, 0.1) is 11.3 Å². The normalized spacial score (nSPS) is 16.1. The van der Waals surface area contributed by atoms with Gasteiger partial charge in [-0.25, -0.2) is 13.2 Å².